The van der Waals surface area contributed by atoms with E-state index in [1.807, 2.05) is 19.1 Å². The smallest absolute Gasteiger partial charge is 0.324 e. The summed E-state index contributed by atoms with van der Waals surface area (Å²) in [6, 6.07) is 14.5. The van der Waals surface area contributed by atoms with Crippen LogP contribution in [0.15, 0.2) is 73.2 Å². The van der Waals surface area contributed by atoms with Gasteiger partial charge in [-0.25, -0.2) is 9.97 Å². The highest BCUT2D eigenvalue weighted by Crippen LogP contribution is 2.36. The van der Waals surface area contributed by atoms with Crippen LogP contribution in [0.5, 0.6) is 0 Å². The van der Waals surface area contributed by atoms with Gasteiger partial charge in [-0.15, -0.1) is 0 Å². The van der Waals surface area contributed by atoms with Gasteiger partial charge in [-0.3, -0.25) is 9.78 Å². The highest BCUT2D eigenvalue weighted by atomic mass is 19.4. The van der Waals surface area contributed by atoms with Gasteiger partial charge in [0, 0.05) is 42.1 Å². The van der Waals surface area contributed by atoms with Gasteiger partial charge in [0.2, 0.25) is 5.95 Å². The number of aromatic nitrogens is 3. The average molecular weight is 533 g/mol. The molecule has 1 aliphatic heterocycles. The van der Waals surface area contributed by atoms with E-state index in [9.17, 15) is 18.0 Å². The number of rotatable bonds is 6. The molecule has 0 aliphatic carbocycles. The van der Waals surface area contributed by atoms with E-state index >= 15 is 0 Å². The Labute approximate surface area is 223 Å². The van der Waals surface area contributed by atoms with Gasteiger partial charge in [-0.2, -0.15) is 13.2 Å². The normalized spacial score (nSPS) is 15.5. The Hall–Kier alpha value is -4.31. The van der Waals surface area contributed by atoms with Crippen molar-refractivity contribution in [2.75, 3.05) is 23.7 Å². The van der Waals surface area contributed by atoms with E-state index in [4.69, 9.17) is 0 Å². The highest BCUT2D eigenvalue weighted by Gasteiger charge is 2.36. The van der Waals surface area contributed by atoms with E-state index in [0.717, 1.165) is 36.6 Å². The zero-order chi connectivity index (χ0) is 27.4. The lowest BCUT2D eigenvalue weighted by Crippen LogP contribution is -2.28. The topological polar surface area (TPSA) is 91.8 Å². The number of nitrogens with zero attached hydrogens (tertiary/aromatic N) is 3. The summed E-state index contributed by atoms with van der Waals surface area (Å²) in [5, 5.41) is 8.98. The highest BCUT2D eigenvalue weighted by molar-refractivity contribution is 6.05. The number of pyridine rings is 1. The van der Waals surface area contributed by atoms with E-state index in [-0.39, 0.29) is 5.92 Å². The van der Waals surface area contributed by atoms with Crippen LogP contribution in [0.25, 0.3) is 11.3 Å². The number of hydrogen-bond acceptors (Lipinski definition) is 6. The Morgan fingerprint density at radius 2 is 1.95 bits per heavy atom. The lowest BCUT2D eigenvalue weighted by Gasteiger charge is -2.24. The van der Waals surface area contributed by atoms with Crippen molar-refractivity contribution in [2.24, 2.45) is 0 Å². The summed E-state index contributed by atoms with van der Waals surface area (Å²) in [5.41, 5.74) is 2.51. The van der Waals surface area contributed by atoms with Gasteiger partial charge in [0.1, 0.15) is 0 Å². The molecule has 5 rings (SSSR count). The number of benzene rings is 2. The van der Waals surface area contributed by atoms with Gasteiger partial charge >= 0.3 is 6.18 Å². The number of piperidine rings is 1. The first-order valence-electron chi connectivity index (χ1n) is 12.6. The lowest BCUT2D eigenvalue weighted by molar-refractivity contribution is -0.138. The van der Waals surface area contributed by atoms with Crippen molar-refractivity contribution < 1.29 is 18.0 Å². The third-order valence-corrected chi connectivity index (χ3v) is 6.72. The molecule has 4 aromatic rings. The number of halogens is 3. The molecule has 1 fully saturated rings. The SMILES string of the molecule is Cc1ccc(NC(=O)c2ccc(C3CCCNC3)cc2C(F)(F)F)cc1Nc1nccc(-c2cccnc2)n1. The van der Waals surface area contributed by atoms with Crippen molar-refractivity contribution in [3.63, 3.8) is 0 Å². The molecule has 1 unspecified atom stereocenters. The summed E-state index contributed by atoms with van der Waals surface area (Å²) in [4.78, 5) is 25.9. The third-order valence-electron chi connectivity index (χ3n) is 6.72. The maximum absolute atomic E-state index is 14.0. The first-order valence-corrected chi connectivity index (χ1v) is 12.6. The molecule has 2 aromatic heterocycles. The zero-order valence-corrected chi connectivity index (χ0v) is 21.2. The molecule has 39 heavy (non-hydrogen) atoms. The maximum atomic E-state index is 14.0. The Morgan fingerprint density at radius 3 is 2.69 bits per heavy atom. The summed E-state index contributed by atoms with van der Waals surface area (Å²) in [6.07, 6.45) is 2.03. The van der Waals surface area contributed by atoms with Crippen LogP contribution in [0.1, 0.15) is 45.8 Å². The summed E-state index contributed by atoms with van der Waals surface area (Å²) < 4.78 is 42.0. The number of anilines is 3. The molecule has 2 aromatic carbocycles. The van der Waals surface area contributed by atoms with Crippen LogP contribution in [0.2, 0.25) is 0 Å². The monoisotopic (exact) mass is 532 g/mol. The quantitative estimate of drug-likeness (QED) is 0.269. The Bertz CT molecular complexity index is 1470. The molecule has 0 spiro atoms. The first kappa shape index (κ1) is 26.3. The van der Waals surface area contributed by atoms with Crippen LogP contribution < -0.4 is 16.0 Å². The molecule has 0 bridgehead atoms. The first-order chi connectivity index (χ1) is 18.8. The minimum absolute atomic E-state index is 0.0124. The second kappa shape index (κ2) is 11.2. The van der Waals surface area contributed by atoms with Crippen molar-refractivity contribution in [1.82, 2.24) is 20.3 Å². The number of hydrogen-bond donors (Lipinski definition) is 3. The van der Waals surface area contributed by atoms with E-state index in [1.165, 1.54) is 6.07 Å². The number of carbonyl (C=O) groups is 1. The van der Waals surface area contributed by atoms with Crippen LogP contribution >= 0.6 is 0 Å². The fraction of sp³-hybridized carbons (Fsp3) is 0.241. The minimum Gasteiger partial charge on any atom is -0.324 e. The van der Waals surface area contributed by atoms with E-state index < -0.39 is 23.2 Å². The minimum atomic E-state index is -4.67. The number of amides is 1. The molecule has 1 amide bonds. The zero-order valence-electron chi connectivity index (χ0n) is 21.2. The summed E-state index contributed by atoms with van der Waals surface area (Å²) >= 11 is 0. The molecule has 1 aliphatic rings. The van der Waals surface area contributed by atoms with E-state index in [2.05, 4.69) is 30.9 Å². The van der Waals surface area contributed by atoms with Crippen molar-refractivity contribution in [3.8, 4) is 11.3 Å². The molecule has 3 heterocycles. The van der Waals surface area contributed by atoms with Gasteiger partial charge in [-0.05, 0) is 85.8 Å². The molecule has 0 saturated carbocycles. The van der Waals surface area contributed by atoms with Crippen LogP contribution in [0.4, 0.5) is 30.5 Å². The van der Waals surface area contributed by atoms with Crippen molar-refractivity contribution in [3.05, 3.63) is 95.4 Å². The van der Waals surface area contributed by atoms with Crippen molar-refractivity contribution in [2.45, 2.75) is 31.9 Å². The summed E-state index contributed by atoms with van der Waals surface area (Å²) in [5.74, 6) is -0.517. The third kappa shape index (κ3) is 6.23. The number of nitrogens with one attached hydrogen (secondary N) is 3. The number of carbonyl (C=O) groups excluding carboxylic acids is 1. The predicted molar refractivity (Wildman–Crippen MR) is 144 cm³/mol. The van der Waals surface area contributed by atoms with Gasteiger partial charge in [-0.1, -0.05) is 12.1 Å². The van der Waals surface area contributed by atoms with Crippen LogP contribution in [0.3, 0.4) is 0 Å². The standard InChI is InChI=1S/C29H27F3N6O/c1-18-6-8-22(15-26(18)38-28-35-13-10-25(37-28)21-5-3-12-34-17-21)36-27(39)23-9-7-19(14-24(23)29(30,31)32)20-4-2-11-33-16-20/h3,5-10,12-15,17,20,33H,2,4,11,16H2,1H3,(H,36,39)(H,35,37,38). The maximum Gasteiger partial charge on any atom is 0.417 e. The van der Waals surface area contributed by atoms with Gasteiger partial charge in [0.25, 0.3) is 5.91 Å². The van der Waals surface area contributed by atoms with Crippen LogP contribution in [-0.2, 0) is 6.18 Å². The lowest BCUT2D eigenvalue weighted by atomic mass is 9.89. The van der Waals surface area contributed by atoms with Crippen molar-refractivity contribution >= 4 is 23.2 Å². The molecule has 1 saturated heterocycles. The average Bonchev–Trinajstić information content (AvgIpc) is 2.95. The molecule has 200 valence electrons. The molecule has 0 radical (unpaired) electrons. The Morgan fingerprint density at radius 1 is 1.08 bits per heavy atom. The molecule has 10 heteroatoms. The van der Waals surface area contributed by atoms with Gasteiger partial charge < -0.3 is 16.0 Å². The molecule has 3 N–H and O–H groups in total. The van der Waals surface area contributed by atoms with Crippen molar-refractivity contribution in [1.29, 1.82) is 0 Å². The Balaban J connectivity index is 1.37. The van der Waals surface area contributed by atoms with Crippen LogP contribution in [0, 0.1) is 6.92 Å². The molecule has 1 atom stereocenters. The second-order valence-electron chi connectivity index (χ2n) is 9.46. The Kier molecular flexibility index (Phi) is 7.56. The molecule has 7 nitrogen and oxygen atoms in total. The fourth-order valence-electron chi connectivity index (χ4n) is 4.63. The number of alkyl halides is 3. The molecular formula is C29H27F3N6O. The molecular weight excluding hydrogens is 505 g/mol. The second-order valence-corrected chi connectivity index (χ2v) is 9.46. The van der Waals surface area contributed by atoms with Gasteiger partial charge in [0.15, 0.2) is 0 Å². The predicted octanol–water partition coefficient (Wildman–Crippen LogP) is 6.33. The van der Waals surface area contributed by atoms with Crippen LogP contribution in [-0.4, -0.2) is 33.9 Å². The van der Waals surface area contributed by atoms with E-state index in [1.54, 1.807) is 48.9 Å². The largest absolute Gasteiger partial charge is 0.417 e. The summed E-state index contributed by atoms with van der Waals surface area (Å²) in [7, 11) is 0. The van der Waals surface area contributed by atoms with E-state index in [0.29, 0.717) is 35.1 Å². The number of aryl methyl sites for hydroxylation is 1. The fourth-order valence-corrected chi connectivity index (χ4v) is 4.63. The van der Waals surface area contributed by atoms with Gasteiger partial charge in [0.05, 0.1) is 16.8 Å². The summed E-state index contributed by atoms with van der Waals surface area (Å²) in [6.45, 7) is 3.34.